The Morgan fingerprint density at radius 2 is 2.80 bits per heavy atom. The van der Waals surface area contributed by atoms with Gasteiger partial charge in [-0.25, -0.2) is 0 Å². The van der Waals surface area contributed by atoms with Crippen LogP contribution in [0.3, 0.4) is 0 Å². The molecule has 0 aliphatic heterocycles. The van der Waals surface area contributed by atoms with E-state index in [0.717, 1.165) is 0 Å². The van der Waals surface area contributed by atoms with Gasteiger partial charge < -0.3 is 0 Å². The fraction of sp³-hybridized carbons (Fsp3) is 0. The Morgan fingerprint density at radius 1 is 1.80 bits per heavy atom. The molecule has 5 heavy (non-hydrogen) atoms. The number of nitrogens with zero attached hydrogens (tertiary/aromatic N) is 2. The predicted molar refractivity (Wildman–Crippen MR) is 22.2 cm³/mol. The van der Waals surface area contributed by atoms with Gasteiger partial charge in [-0.05, 0) is 0 Å². The Bertz CT molecular complexity index is 64.1. The average Bonchev–Trinajstić information content (AvgIpc) is 1.76. The number of hydrogen-bond acceptors (Lipinski definition) is 3. The van der Waals surface area contributed by atoms with E-state index in [1.165, 1.54) is 27.4 Å². The molecule has 1 aromatic rings. The fourth-order valence-corrected chi connectivity index (χ4v) is 0.866. The van der Waals surface area contributed by atoms with Crippen molar-refractivity contribution in [1.29, 1.82) is 0 Å². The minimum atomic E-state index is 1.39. The molecule has 1 aromatic heterocycles. The molecule has 0 atom stereocenters. The van der Waals surface area contributed by atoms with Crippen LogP contribution < -0.4 is 0 Å². The highest BCUT2D eigenvalue weighted by atomic mass is 32.9. The SMILES string of the molecule is c1ns[s+]n1. The average molecular weight is 105 g/mol. The zero-order chi connectivity index (χ0) is 3.54. The van der Waals surface area contributed by atoms with Crippen LogP contribution in [-0.2, 0) is 0 Å². The second-order valence-corrected chi connectivity index (χ2v) is 2.09. The largest absolute Gasteiger partial charge is 0.462 e. The molecule has 0 fully saturated rings. The van der Waals surface area contributed by atoms with E-state index < -0.39 is 0 Å². The molecule has 0 radical (unpaired) electrons. The van der Waals surface area contributed by atoms with Crippen molar-refractivity contribution in [1.82, 2.24) is 8.75 Å². The summed E-state index contributed by atoms with van der Waals surface area (Å²) in [5, 5.41) is 0. The quantitative estimate of drug-likeness (QED) is 0.361. The van der Waals surface area contributed by atoms with E-state index in [9.17, 15) is 0 Å². The lowest BCUT2D eigenvalue weighted by Gasteiger charge is -1.26. The number of hydrogen-bond donors (Lipinski definition) is 0. The molecule has 26 valence electrons. The molecule has 0 aromatic carbocycles. The summed E-state index contributed by atoms with van der Waals surface area (Å²) in [4.78, 5) is 0. The van der Waals surface area contributed by atoms with Gasteiger partial charge in [-0.15, -0.1) is 4.37 Å². The first-order chi connectivity index (χ1) is 2.50. The van der Waals surface area contributed by atoms with E-state index in [0.29, 0.717) is 0 Å². The van der Waals surface area contributed by atoms with Crippen molar-refractivity contribution in [3.8, 4) is 0 Å². The minimum absolute atomic E-state index is 1.39. The smallest absolute Gasteiger partial charge is 0.121 e. The topological polar surface area (TPSA) is 25.8 Å². The van der Waals surface area contributed by atoms with Crippen molar-refractivity contribution in [2.45, 2.75) is 0 Å². The van der Waals surface area contributed by atoms with Crippen LogP contribution in [0.25, 0.3) is 0 Å². The molecule has 1 heterocycles. The molecule has 1 rings (SSSR count). The maximum Gasteiger partial charge on any atom is 0.462 e. The van der Waals surface area contributed by atoms with E-state index in [4.69, 9.17) is 0 Å². The molecule has 0 spiro atoms. The molecule has 0 amide bonds. The third-order valence-electron chi connectivity index (χ3n) is 0.214. The van der Waals surface area contributed by atoms with Crippen molar-refractivity contribution in [2.24, 2.45) is 0 Å². The highest BCUT2D eigenvalue weighted by molar-refractivity contribution is 7.64. The Morgan fingerprint density at radius 3 is 3.00 bits per heavy atom. The predicted octanol–water partition coefficient (Wildman–Crippen LogP) is 0.881. The van der Waals surface area contributed by atoms with Gasteiger partial charge in [-0.2, -0.15) is 0 Å². The maximum atomic E-state index is 3.67. The molecule has 4 heteroatoms. The van der Waals surface area contributed by atoms with Crippen molar-refractivity contribution in [3.63, 3.8) is 0 Å². The van der Waals surface area contributed by atoms with E-state index in [1.807, 2.05) is 0 Å². The maximum absolute atomic E-state index is 3.67. The molecular formula is CHN2S2+. The van der Waals surface area contributed by atoms with Gasteiger partial charge in [0.05, 0.1) is 0 Å². The summed E-state index contributed by atoms with van der Waals surface area (Å²) in [6.45, 7) is 0. The molecule has 2 nitrogen and oxygen atoms in total. The van der Waals surface area contributed by atoms with Crippen molar-refractivity contribution in [3.05, 3.63) is 6.33 Å². The normalized spacial score (nSPS) is 8.00. The Hall–Kier alpha value is -0.0900. The molecular weight excluding hydrogens is 104 g/mol. The van der Waals surface area contributed by atoms with Crippen LogP contribution in [0.2, 0.25) is 0 Å². The molecule has 0 aliphatic carbocycles. The summed E-state index contributed by atoms with van der Waals surface area (Å²) in [6.07, 6.45) is 1.54. The number of aromatic nitrogens is 2. The molecule has 0 aliphatic rings. The summed E-state index contributed by atoms with van der Waals surface area (Å²) in [5.74, 6) is 0. The standard InChI is InChI=1S/CHN2S2/c1-2-4-5-3-1/h1H/q+1. The van der Waals surface area contributed by atoms with Gasteiger partial charge in [-0.3, -0.25) is 0 Å². The Balaban J connectivity index is 3.13. The first-order valence-corrected chi connectivity index (χ1v) is 3.11. The zero-order valence-corrected chi connectivity index (χ0v) is 3.92. The Labute approximate surface area is 36.8 Å². The van der Waals surface area contributed by atoms with Crippen LogP contribution in [0.1, 0.15) is 0 Å². The van der Waals surface area contributed by atoms with E-state index in [-0.39, 0.29) is 0 Å². The van der Waals surface area contributed by atoms with E-state index in [2.05, 4.69) is 8.75 Å². The minimum Gasteiger partial charge on any atom is -0.121 e. The zero-order valence-electron chi connectivity index (χ0n) is 2.29. The van der Waals surface area contributed by atoms with Crippen LogP contribution in [0, 0.1) is 0 Å². The first-order valence-electron chi connectivity index (χ1n) is 1.05. The van der Waals surface area contributed by atoms with Crippen molar-refractivity contribution >= 4 is 21.1 Å². The summed E-state index contributed by atoms with van der Waals surface area (Å²) in [5.41, 5.74) is 0. The van der Waals surface area contributed by atoms with E-state index >= 15 is 0 Å². The van der Waals surface area contributed by atoms with Crippen LogP contribution in [-0.4, -0.2) is 8.75 Å². The highest BCUT2D eigenvalue weighted by Crippen LogP contribution is 1.90. The van der Waals surface area contributed by atoms with Gasteiger partial charge in [0.2, 0.25) is 0 Å². The fourth-order valence-electron chi connectivity index (χ4n) is 0.0962. The van der Waals surface area contributed by atoms with Crippen molar-refractivity contribution in [2.75, 3.05) is 0 Å². The second-order valence-electron chi connectivity index (χ2n) is 0.475. The van der Waals surface area contributed by atoms with Gasteiger partial charge in [0.15, 0.2) is 6.33 Å². The lowest BCUT2D eigenvalue weighted by atomic mass is 11.5. The summed E-state index contributed by atoms with van der Waals surface area (Å²) in [6, 6.07) is 0. The van der Waals surface area contributed by atoms with Crippen molar-refractivity contribution < 1.29 is 0 Å². The van der Waals surface area contributed by atoms with Gasteiger partial charge in [0.25, 0.3) is 0 Å². The lowest BCUT2D eigenvalue weighted by Crippen LogP contribution is -1.41. The molecule has 0 N–H and O–H groups in total. The van der Waals surface area contributed by atoms with Gasteiger partial charge in [0, 0.05) is 4.37 Å². The monoisotopic (exact) mass is 105 g/mol. The van der Waals surface area contributed by atoms with E-state index in [1.54, 1.807) is 0 Å². The molecule has 0 saturated heterocycles. The number of rotatable bonds is 0. The summed E-state index contributed by atoms with van der Waals surface area (Å²) >= 11 is 0. The Kier molecular flexibility index (Phi) is 0.855. The van der Waals surface area contributed by atoms with Gasteiger partial charge in [0.1, 0.15) is 0 Å². The first kappa shape index (κ1) is 3.11. The lowest BCUT2D eigenvalue weighted by molar-refractivity contribution is 1.41. The second kappa shape index (κ2) is 1.37. The third-order valence-corrected chi connectivity index (χ3v) is 1.36. The molecule has 0 unspecified atom stereocenters. The van der Waals surface area contributed by atoms with Crippen LogP contribution in [0.15, 0.2) is 6.33 Å². The molecule has 0 bridgehead atoms. The van der Waals surface area contributed by atoms with Gasteiger partial charge >= 0.3 is 21.1 Å². The van der Waals surface area contributed by atoms with Crippen LogP contribution in [0.5, 0.6) is 0 Å². The third kappa shape index (κ3) is 0.592. The highest BCUT2D eigenvalue weighted by Gasteiger charge is 1.84. The van der Waals surface area contributed by atoms with Gasteiger partial charge in [-0.1, -0.05) is 0 Å². The summed E-state index contributed by atoms with van der Waals surface area (Å²) < 4.78 is 7.34. The van der Waals surface area contributed by atoms with Crippen LogP contribution >= 0.6 is 21.1 Å². The summed E-state index contributed by atoms with van der Waals surface area (Å²) in [7, 11) is 2.79. The molecule has 0 saturated carbocycles. The van der Waals surface area contributed by atoms with Crippen LogP contribution in [0.4, 0.5) is 0 Å².